The topological polar surface area (TPSA) is 37.3 Å². The number of carboxylic acids is 1. The Balaban J connectivity index is 2.76. The summed E-state index contributed by atoms with van der Waals surface area (Å²) in [6, 6.07) is 0. The van der Waals surface area contributed by atoms with Crippen LogP contribution in [0.25, 0.3) is 0 Å². The maximum absolute atomic E-state index is 10.4. The molecule has 0 saturated heterocycles. The van der Waals surface area contributed by atoms with Gasteiger partial charge in [0.1, 0.15) is 0 Å². The van der Waals surface area contributed by atoms with E-state index in [1.54, 1.807) is 6.08 Å². The Morgan fingerprint density at radius 3 is 2.73 bits per heavy atom. The number of hydrogen-bond donors (Lipinski definition) is 1. The minimum Gasteiger partial charge on any atom is -0.478 e. The zero-order valence-corrected chi connectivity index (χ0v) is 9.84. The molecule has 0 aromatic heterocycles. The van der Waals surface area contributed by atoms with Gasteiger partial charge in [0.15, 0.2) is 0 Å². The molecule has 0 amide bonds. The molecule has 2 heteroatoms. The number of rotatable bonds is 3. The standard InChI is InChI=1S/C13H20O2/c1-10-6-5-9-13(2,3)11(10)7-4-8-12(14)15/h4,8H,5-7,9H2,1-3H3,(H,14,15)/b8-4+. The molecule has 0 unspecified atom stereocenters. The average Bonchev–Trinajstić information content (AvgIpc) is 2.09. The lowest BCUT2D eigenvalue weighted by molar-refractivity contribution is -0.131. The third-order valence-corrected chi connectivity index (χ3v) is 3.27. The molecule has 1 aliphatic carbocycles. The lowest BCUT2D eigenvalue weighted by atomic mass is 9.71. The predicted molar refractivity (Wildman–Crippen MR) is 61.7 cm³/mol. The Bertz CT molecular complexity index is 308. The SMILES string of the molecule is CC1=C(C/C=C/C(=O)O)C(C)(C)CCC1. The van der Waals surface area contributed by atoms with Crippen molar-refractivity contribution in [1.82, 2.24) is 0 Å². The normalized spacial score (nSPS) is 21.0. The molecule has 0 aromatic carbocycles. The first-order valence-electron chi connectivity index (χ1n) is 5.52. The second-order valence-electron chi connectivity index (χ2n) is 4.94. The molecule has 1 aliphatic rings. The summed E-state index contributed by atoms with van der Waals surface area (Å²) in [7, 11) is 0. The molecular weight excluding hydrogens is 188 g/mol. The third-order valence-electron chi connectivity index (χ3n) is 3.27. The van der Waals surface area contributed by atoms with Crippen molar-refractivity contribution >= 4 is 5.97 Å². The second-order valence-corrected chi connectivity index (χ2v) is 4.94. The number of allylic oxidation sites excluding steroid dienone is 3. The van der Waals surface area contributed by atoms with Crippen LogP contribution >= 0.6 is 0 Å². The minimum atomic E-state index is -0.859. The van der Waals surface area contributed by atoms with Crippen molar-refractivity contribution in [2.24, 2.45) is 5.41 Å². The highest BCUT2D eigenvalue weighted by atomic mass is 16.4. The fourth-order valence-electron chi connectivity index (χ4n) is 2.40. The minimum absolute atomic E-state index is 0.241. The van der Waals surface area contributed by atoms with E-state index in [0.29, 0.717) is 0 Å². The Hall–Kier alpha value is -1.05. The van der Waals surface area contributed by atoms with E-state index >= 15 is 0 Å². The molecule has 0 spiro atoms. The van der Waals surface area contributed by atoms with E-state index in [9.17, 15) is 4.79 Å². The van der Waals surface area contributed by atoms with Crippen LogP contribution in [0.15, 0.2) is 23.3 Å². The maximum atomic E-state index is 10.4. The van der Waals surface area contributed by atoms with Gasteiger partial charge in [0.05, 0.1) is 0 Å². The molecule has 84 valence electrons. The van der Waals surface area contributed by atoms with Gasteiger partial charge in [-0.1, -0.05) is 31.1 Å². The summed E-state index contributed by atoms with van der Waals surface area (Å²) in [6.07, 6.45) is 7.41. The Morgan fingerprint density at radius 2 is 2.20 bits per heavy atom. The van der Waals surface area contributed by atoms with Crippen LogP contribution in [0.4, 0.5) is 0 Å². The van der Waals surface area contributed by atoms with E-state index in [1.807, 2.05) is 0 Å². The van der Waals surface area contributed by atoms with Crippen molar-refractivity contribution in [3.05, 3.63) is 23.3 Å². The molecule has 1 N–H and O–H groups in total. The van der Waals surface area contributed by atoms with Crippen LogP contribution in [0.5, 0.6) is 0 Å². The van der Waals surface area contributed by atoms with Gasteiger partial charge in [0.25, 0.3) is 0 Å². The first kappa shape index (κ1) is 12.0. The van der Waals surface area contributed by atoms with Gasteiger partial charge in [0.2, 0.25) is 0 Å². The van der Waals surface area contributed by atoms with Gasteiger partial charge >= 0.3 is 5.97 Å². The van der Waals surface area contributed by atoms with Gasteiger partial charge in [-0.05, 0) is 38.0 Å². The van der Waals surface area contributed by atoms with E-state index in [-0.39, 0.29) is 5.41 Å². The predicted octanol–water partition coefficient (Wildman–Crippen LogP) is 3.54. The Labute approximate surface area is 91.7 Å². The van der Waals surface area contributed by atoms with Crippen LogP contribution in [0, 0.1) is 5.41 Å². The summed E-state index contributed by atoms with van der Waals surface area (Å²) >= 11 is 0. The Morgan fingerprint density at radius 1 is 1.53 bits per heavy atom. The highest BCUT2D eigenvalue weighted by Crippen LogP contribution is 2.41. The fourth-order valence-corrected chi connectivity index (χ4v) is 2.40. The summed E-state index contributed by atoms with van der Waals surface area (Å²) in [4.78, 5) is 10.4. The van der Waals surface area contributed by atoms with Gasteiger partial charge in [-0.2, -0.15) is 0 Å². The van der Waals surface area contributed by atoms with E-state index < -0.39 is 5.97 Å². The molecule has 15 heavy (non-hydrogen) atoms. The molecule has 0 aliphatic heterocycles. The summed E-state index contributed by atoms with van der Waals surface area (Å²) in [6.45, 7) is 6.67. The van der Waals surface area contributed by atoms with Gasteiger partial charge in [-0.15, -0.1) is 0 Å². The van der Waals surface area contributed by atoms with Crippen molar-refractivity contribution < 1.29 is 9.90 Å². The van der Waals surface area contributed by atoms with Gasteiger partial charge < -0.3 is 5.11 Å². The molecule has 1 rings (SSSR count). The quantitative estimate of drug-likeness (QED) is 0.569. The largest absolute Gasteiger partial charge is 0.478 e. The third kappa shape index (κ3) is 3.22. The van der Waals surface area contributed by atoms with Crippen molar-refractivity contribution in [2.75, 3.05) is 0 Å². The average molecular weight is 208 g/mol. The first-order chi connectivity index (χ1) is 6.93. The molecule has 0 radical (unpaired) electrons. The molecule has 2 nitrogen and oxygen atoms in total. The zero-order valence-electron chi connectivity index (χ0n) is 9.84. The molecule has 0 bridgehead atoms. The van der Waals surface area contributed by atoms with Gasteiger partial charge in [-0.25, -0.2) is 4.79 Å². The Kier molecular flexibility index (Phi) is 3.72. The van der Waals surface area contributed by atoms with E-state index in [2.05, 4.69) is 20.8 Å². The number of carboxylic acid groups (broad SMARTS) is 1. The van der Waals surface area contributed by atoms with Gasteiger partial charge in [0, 0.05) is 6.08 Å². The zero-order chi connectivity index (χ0) is 11.5. The van der Waals surface area contributed by atoms with Crippen LogP contribution in [-0.2, 0) is 4.79 Å². The van der Waals surface area contributed by atoms with Crippen molar-refractivity contribution in [3.63, 3.8) is 0 Å². The van der Waals surface area contributed by atoms with Crippen LogP contribution < -0.4 is 0 Å². The fraction of sp³-hybridized carbons (Fsp3) is 0.615. The van der Waals surface area contributed by atoms with Crippen molar-refractivity contribution in [2.45, 2.75) is 46.5 Å². The summed E-state index contributed by atoms with van der Waals surface area (Å²) in [5, 5.41) is 8.54. The number of hydrogen-bond acceptors (Lipinski definition) is 1. The molecular formula is C13H20O2. The molecule has 0 atom stereocenters. The lowest BCUT2D eigenvalue weighted by Crippen LogP contribution is -2.20. The summed E-state index contributed by atoms with van der Waals surface area (Å²) < 4.78 is 0. The van der Waals surface area contributed by atoms with Crippen LogP contribution in [0.2, 0.25) is 0 Å². The van der Waals surface area contributed by atoms with Crippen molar-refractivity contribution in [3.8, 4) is 0 Å². The summed E-state index contributed by atoms with van der Waals surface area (Å²) in [5.41, 5.74) is 3.11. The second kappa shape index (κ2) is 4.65. The van der Waals surface area contributed by atoms with Crippen LogP contribution in [0.1, 0.15) is 46.5 Å². The smallest absolute Gasteiger partial charge is 0.327 e. The molecule has 0 aromatic rings. The van der Waals surface area contributed by atoms with E-state index in [1.165, 1.54) is 36.5 Å². The first-order valence-corrected chi connectivity index (χ1v) is 5.52. The highest BCUT2D eigenvalue weighted by molar-refractivity contribution is 5.79. The maximum Gasteiger partial charge on any atom is 0.327 e. The monoisotopic (exact) mass is 208 g/mol. The lowest BCUT2D eigenvalue weighted by Gasteiger charge is -2.34. The van der Waals surface area contributed by atoms with Crippen LogP contribution in [-0.4, -0.2) is 11.1 Å². The molecule has 0 fully saturated rings. The highest BCUT2D eigenvalue weighted by Gasteiger charge is 2.27. The molecule has 0 saturated carbocycles. The number of aliphatic carboxylic acids is 1. The van der Waals surface area contributed by atoms with E-state index in [4.69, 9.17) is 5.11 Å². The number of carbonyl (C=O) groups is 1. The summed E-state index contributed by atoms with van der Waals surface area (Å²) in [5.74, 6) is -0.859. The van der Waals surface area contributed by atoms with Crippen LogP contribution in [0.3, 0.4) is 0 Å². The molecule has 0 heterocycles. The van der Waals surface area contributed by atoms with Crippen molar-refractivity contribution in [1.29, 1.82) is 0 Å². The van der Waals surface area contributed by atoms with E-state index in [0.717, 1.165) is 6.42 Å². The van der Waals surface area contributed by atoms with Gasteiger partial charge in [-0.3, -0.25) is 0 Å².